The Balaban J connectivity index is 2.01. The summed E-state index contributed by atoms with van der Waals surface area (Å²) in [5.41, 5.74) is 1.56. The number of hydrogen-bond acceptors (Lipinski definition) is 4. The molecule has 1 aromatic carbocycles. The minimum absolute atomic E-state index is 0.0768. The first-order chi connectivity index (χ1) is 12.0. The van der Waals surface area contributed by atoms with E-state index in [2.05, 4.69) is 22.2 Å². The Kier molecular flexibility index (Phi) is 7.56. The molecule has 1 aromatic heterocycles. The fourth-order valence-corrected chi connectivity index (χ4v) is 5.54. The van der Waals surface area contributed by atoms with E-state index in [4.69, 9.17) is 0 Å². The first-order valence-corrected chi connectivity index (χ1v) is 13.2. The molecular weight excluding hydrogens is 448 g/mol. The summed E-state index contributed by atoms with van der Waals surface area (Å²) >= 11 is -0.0768. The number of amides is 1. The molecule has 0 unspecified atom stereocenters. The van der Waals surface area contributed by atoms with Crippen LogP contribution in [0.5, 0.6) is 0 Å². The summed E-state index contributed by atoms with van der Waals surface area (Å²) in [5.74, 6) is 0.243. The summed E-state index contributed by atoms with van der Waals surface area (Å²) in [6.07, 6.45) is 5.36. The standard InChI is InChI=1S/C18H24IN3O2P/c1-4-19-16-11-21-17(12-20-16)22-18(23)15-9-7-14(8-10-15)13-25(24,5-2)6-3/h7-12H,4-6,13H2,1-3H3,(H,21,22,23)/q-1. The van der Waals surface area contributed by atoms with Gasteiger partial charge in [-0.05, 0) is 12.3 Å². The molecule has 0 saturated carbocycles. The summed E-state index contributed by atoms with van der Waals surface area (Å²) in [6.45, 7) is 6.08. The first-order valence-electron chi connectivity index (χ1n) is 8.38. The number of anilines is 1. The van der Waals surface area contributed by atoms with E-state index in [0.717, 1.165) is 13.7 Å². The van der Waals surface area contributed by atoms with Gasteiger partial charge in [0, 0.05) is 0 Å². The van der Waals surface area contributed by atoms with Crippen LogP contribution in [0, 0.1) is 3.70 Å². The van der Waals surface area contributed by atoms with Crippen LogP contribution in [0.2, 0.25) is 0 Å². The number of halogens is 1. The third-order valence-electron chi connectivity index (χ3n) is 3.97. The van der Waals surface area contributed by atoms with Crippen molar-refractivity contribution in [3.05, 3.63) is 51.5 Å². The number of carbonyl (C=O) groups excluding carboxylic acids is 1. The number of alkyl halides is 1. The van der Waals surface area contributed by atoms with Gasteiger partial charge in [-0.2, -0.15) is 0 Å². The molecule has 0 aliphatic heterocycles. The van der Waals surface area contributed by atoms with Gasteiger partial charge < -0.3 is 4.57 Å². The van der Waals surface area contributed by atoms with Gasteiger partial charge in [0.15, 0.2) is 0 Å². The Morgan fingerprint density at radius 1 is 1.08 bits per heavy atom. The molecule has 2 aromatic rings. The van der Waals surface area contributed by atoms with Crippen LogP contribution in [-0.2, 0) is 10.7 Å². The molecule has 0 atom stereocenters. The molecule has 136 valence electrons. The molecule has 0 saturated heterocycles. The van der Waals surface area contributed by atoms with Crippen molar-refractivity contribution >= 4 is 18.9 Å². The van der Waals surface area contributed by atoms with Crippen molar-refractivity contribution in [2.75, 3.05) is 22.1 Å². The van der Waals surface area contributed by atoms with Crippen molar-refractivity contribution in [2.45, 2.75) is 26.9 Å². The van der Waals surface area contributed by atoms with E-state index in [1.54, 1.807) is 24.5 Å². The Labute approximate surface area is 159 Å². The summed E-state index contributed by atoms with van der Waals surface area (Å²) in [7, 11) is -2.12. The number of aromatic nitrogens is 2. The molecule has 0 aliphatic rings. The maximum atomic E-state index is 12.6. The van der Waals surface area contributed by atoms with E-state index < -0.39 is 7.14 Å². The van der Waals surface area contributed by atoms with E-state index >= 15 is 0 Å². The average molecular weight is 472 g/mol. The second-order valence-electron chi connectivity index (χ2n) is 5.62. The third kappa shape index (κ3) is 5.89. The van der Waals surface area contributed by atoms with Gasteiger partial charge in [0.05, 0.1) is 0 Å². The predicted octanol–water partition coefficient (Wildman–Crippen LogP) is 0.910. The van der Waals surface area contributed by atoms with Crippen molar-refractivity contribution in [3.8, 4) is 0 Å². The SMILES string of the molecule is CC[I-]c1cnc(NC(=O)c2ccc(CP(=O)(CC)CC)cc2)cn1. The molecule has 25 heavy (non-hydrogen) atoms. The van der Waals surface area contributed by atoms with Crippen LogP contribution in [0.1, 0.15) is 36.7 Å². The van der Waals surface area contributed by atoms with Crippen LogP contribution in [-0.4, -0.2) is 32.6 Å². The Morgan fingerprint density at radius 2 is 1.76 bits per heavy atom. The summed E-state index contributed by atoms with van der Waals surface area (Å²) < 4.78 is 14.7. The molecular formula is C18H24IN3O2P-. The molecule has 1 N–H and O–H groups in total. The van der Waals surface area contributed by atoms with E-state index in [-0.39, 0.29) is 27.1 Å². The van der Waals surface area contributed by atoms with Crippen molar-refractivity contribution in [1.82, 2.24) is 9.97 Å². The number of benzene rings is 1. The van der Waals surface area contributed by atoms with Crippen LogP contribution < -0.4 is 26.5 Å². The van der Waals surface area contributed by atoms with Crippen molar-refractivity contribution in [1.29, 1.82) is 0 Å². The zero-order valence-corrected chi connectivity index (χ0v) is 17.9. The zero-order valence-electron chi connectivity index (χ0n) is 14.8. The maximum absolute atomic E-state index is 12.6. The second kappa shape index (κ2) is 9.43. The van der Waals surface area contributed by atoms with Gasteiger partial charge in [-0.25, -0.2) is 0 Å². The molecule has 7 heteroatoms. The van der Waals surface area contributed by atoms with E-state index in [0.29, 0.717) is 29.9 Å². The fraction of sp³-hybridized carbons (Fsp3) is 0.389. The molecule has 1 heterocycles. The number of rotatable bonds is 8. The molecule has 0 spiro atoms. The number of carbonyl (C=O) groups is 1. The van der Waals surface area contributed by atoms with E-state index in [1.165, 1.54) is 0 Å². The van der Waals surface area contributed by atoms with Gasteiger partial charge in [-0.15, -0.1) is 0 Å². The van der Waals surface area contributed by atoms with Gasteiger partial charge in [0.25, 0.3) is 0 Å². The summed E-state index contributed by atoms with van der Waals surface area (Å²) in [5, 5.41) is 2.76. The summed E-state index contributed by atoms with van der Waals surface area (Å²) in [6, 6.07) is 7.30. The second-order valence-corrected chi connectivity index (χ2v) is 12.7. The fourth-order valence-electron chi connectivity index (χ4n) is 2.31. The average Bonchev–Trinajstić information content (AvgIpc) is 2.64. The van der Waals surface area contributed by atoms with Crippen LogP contribution in [0.4, 0.5) is 5.82 Å². The normalized spacial score (nSPS) is 11.5. The minimum atomic E-state index is -2.12. The van der Waals surface area contributed by atoms with Crippen LogP contribution >= 0.6 is 7.14 Å². The predicted molar refractivity (Wildman–Crippen MR) is 98.1 cm³/mol. The van der Waals surface area contributed by atoms with Crippen molar-refractivity contribution in [2.24, 2.45) is 0 Å². The van der Waals surface area contributed by atoms with Crippen molar-refractivity contribution in [3.63, 3.8) is 0 Å². The Bertz CT molecular complexity index is 740. The number of nitrogens with one attached hydrogen (secondary N) is 1. The molecule has 0 bridgehead atoms. The topological polar surface area (TPSA) is 72.0 Å². The molecule has 0 radical (unpaired) electrons. The Morgan fingerprint density at radius 3 is 2.28 bits per heavy atom. The number of hydrogen-bond donors (Lipinski definition) is 1. The molecule has 0 aliphatic carbocycles. The van der Waals surface area contributed by atoms with Crippen LogP contribution in [0.3, 0.4) is 0 Å². The van der Waals surface area contributed by atoms with Crippen LogP contribution in [0.25, 0.3) is 0 Å². The molecule has 5 nitrogen and oxygen atoms in total. The van der Waals surface area contributed by atoms with Gasteiger partial charge in [0.1, 0.15) is 0 Å². The van der Waals surface area contributed by atoms with Crippen molar-refractivity contribution < 1.29 is 30.6 Å². The number of nitrogens with zero attached hydrogens (tertiary/aromatic N) is 2. The van der Waals surface area contributed by atoms with Gasteiger partial charge in [0.2, 0.25) is 0 Å². The van der Waals surface area contributed by atoms with E-state index in [9.17, 15) is 9.36 Å². The monoisotopic (exact) mass is 472 g/mol. The molecule has 0 fully saturated rings. The van der Waals surface area contributed by atoms with Crippen LogP contribution in [0.15, 0.2) is 36.7 Å². The summed E-state index contributed by atoms with van der Waals surface area (Å²) in [4.78, 5) is 20.9. The van der Waals surface area contributed by atoms with Gasteiger partial charge in [-0.3, -0.25) is 0 Å². The Hall–Kier alpha value is -1.27. The molecule has 1 amide bonds. The van der Waals surface area contributed by atoms with E-state index in [1.807, 2.05) is 26.0 Å². The van der Waals surface area contributed by atoms with Gasteiger partial charge >= 0.3 is 129 Å². The first kappa shape index (κ1) is 20.0. The third-order valence-corrected chi connectivity index (χ3v) is 9.32. The quantitative estimate of drug-likeness (QED) is 0.353. The zero-order chi connectivity index (χ0) is 18.3. The molecule has 2 rings (SSSR count). The van der Waals surface area contributed by atoms with Gasteiger partial charge in [-0.1, -0.05) is 13.8 Å².